The molecule has 2 fully saturated rings. The lowest BCUT2D eigenvalue weighted by molar-refractivity contribution is 0.148. The minimum atomic E-state index is 0.215. The smallest absolute Gasteiger partial charge is 0.0166 e. The van der Waals surface area contributed by atoms with Gasteiger partial charge in [0.2, 0.25) is 0 Å². The zero-order valence-electron chi connectivity index (χ0n) is 10.2. The molecule has 0 atom stereocenters. The van der Waals surface area contributed by atoms with Crippen LogP contribution in [-0.2, 0) is 0 Å². The van der Waals surface area contributed by atoms with E-state index in [2.05, 4.69) is 11.8 Å². The van der Waals surface area contributed by atoms with E-state index in [4.69, 9.17) is 5.73 Å². The summed E-state index contributed by atoms with van der Waals surface area (Å²) in [5, 5.41) is 0. The average molecular weight is 210 g/mol. The Bertz CT molecular complexity index is 195. The molecule has 2 heteroatoms. The van der Waals surface area contributed by atoms with Crippen LogP contribution in [0, 0.1) is 5.92 Å². The minimum absolute atomic E-state index is 0.215. The van der Waals surface area contributed by atoms with Crippen molar-refractivity contribution in [3.8, 4) is 0 Å². The van der Waals surface area contributed by atoms with E-state index in [-0.39, 0.29) is 5.54 Å². The van der Waals surface area contributed by atoms with Gasteiger partial charge in [-0.1, -0.05) is 13.3 Å². The molecule has 2 saturated carbocycles. The van der Waals surface area contributed by atoms with Crippen LogP contribution in [0.1, 0.15) is 51.9 Å². The highest BCUT2D eigenvalue weighted by Gasteiger charge is 2.32. The first-order valence-electron chi connectivity index (χ1n) is 6.73. The number of nitrogens with two attached hydrogens (primary N) is 1. The number of hydrogen-bond acceptors (Lipinski definition) is 2. The first-order chi connectivity index (χ1) is 7.22. The molecule has 0 amide bonds. The van der Waals surface area contributed by atoms with Crippen molar-refractivity contribution in [1.82, 2.24) is 4.90 Å². The molecule has 0 aromatic carbocycles. The summed E-state index contributed by atoms with van der Waals surface area (Å²) < 4.78 is 0. The molecule has 0 spiro atoms. The van der Waals surface area contributed by atoms with Crippen molar-refractivity contribution in [3.05, 3.63) is 0 Å². The summed E-state index contributed by atoms with van der Waals surface area (Å²) in [7, 11) is 0. The van der Waals surface area contributed by atoms with E-state index in [0.29, 0.717) is 0 Å². The highest BCUT2D eigenvalue weighted by atomic mass is 15.1. The Morgan fingerprint density at radius 1 is 1.27 bits per heavy atom. The van der Waals surface area contributed by atoms with E-state index in [9.17, 15) is 0 Å². The van der Waals surface area contributed by atoms with Crippen molar-refractivity contribution < 1.29 is 0 Å². The topological polar surface area (TPSA) is 29.3 Å². The van der Waals surface area contributed by atoms with E-state index < -0.39 is 0 Å². The first-order valence-corrected chi connectivity index (χ1v) is 6.73. The summed E-state index contributed by atoms with van der Waals surface area (Å²) in [6.45, 7) is 6.03. The first kappa shape index (κ1) is 11.4. The van der Waals surface area contributed by atoms with E-state index in [1.54, 1.807) is 0 Å². The molecule has 0 unspecified atom stereocenters. The fourth-order valence-corrected chi connectivity index (χ4v) is 2.68. The van der Waals surface area contributed by atoms with Crippen LogP contribution in [0.3, 0.4) is 0 Å². The van der Waals surface area contributed by atoms with Gasteiger partial charge in [0.15, 0.2) is 0 Å². The molecule has 0 aromatic rings. The summed E-state index contributed by atoms with van der Waals surface area (Å²) in [6.07, 6.45) is 9.47. The second kappa shape index (κ2) is 4.84. The van der Waals surface area contributed by atoms with Crippen molar-refractivity contribution >= 4 is 0 Å². The third-order valence-electron chi connectivity index (χ3n) is 4.46. The molecule has 15 heavy (non-hydrogen) atoms. The van der Waals surface area contributed by atoms with Crippen LogP contribution in [0.4, 0.5) is 0 Å². The molecule has 0 saturated heterocycles. The lowest BCUT2D eigenvalue weighted by atomic mass is 9.75. The maximum Gasteiger partial charge on any atom is 0.0166 e. The molecule has 0 bridgehead atoms. The Kier molecular flexibility index (Phi) is 3.68. The molecule has 2 rings (SSSR count). The van der Waals surface area contributed by atoms with Gasteiger partial charge in [0.05, 0.1) is 0 Å². The highest BCUT2D eigenvalue weighted by molar-refractivity contribution is 4.93. The van der Waals surface area contributed by atoms with Gasteiger partial charge in [-0.2, -0.15) is 0 Å². The van der Waals surface area contributed by atoms with Crippen LogP contribution < -0.4 is 5.73 Å². The Morgan fingerprint density at radius 3 is 2.40 bits per heavy atom. The lowest BCUT2D eigenvalue weighted by Gasteiger charge is -2.40. The lowest BCUT2D eigenvalue weighted by Crippen LogP contribution is -2.49. The maximum atomic E-state index is 6.26. The molecule has 88 valence electrons. The van der Waals surface area contributed by atoms with Crippen molar-refractivity contribution in [2.24, 2.45) is 11.7 Å². The van der Waals surface area contributed by atoms with Crippen molar-refractivity contribution in [2.45, 2.75) is 57.4 Å². The van der Waals surface area contributed by atoms with E-state index in [1.807, 2.05) is 0 Å². The SMILES string of the molecule is CCN(CCC1(N)CCC1)CC1CCC1. The van der Waals surface area contributed by atoms with Gasteiger partial charge in [-0.3, -0.25) is 0 Å². The van der Waals surface area contributed by atoms with E-state index in [0.717, 1.165) is 5.92 Å². The van der Waals surface area contributed by atoms with Gasteiger partial charge >= 0.3 is 0 Å². The van der Waals surface area contributed by atoms with Gasteiger partial charge in [-0.25, -0.2) is 0 Å². The predicted octanol–water partition coefficient (Wildman–Crippen LogP) is 2.38. The number of rotatable bonds is 6. The van der Waals surface area contributed by atoms with Gasteiger partial charge in [0.1, 0.15) is 0 Å². The van der Waals surface area contributed by atoms with Crippen molar-refractivity contribution in [2.75, 3.05) is 19.6 Å². The Morgan fingerprint density at radius 2 is 2.00 bits per heavy atom. The van der Waals surface area contributed by atoms with Crippen LogP contribution in [0.15, 0.2) is 0 Å². The van der Waals surface area contributed by atoms with Crippen LogP contribution >= 0.6 is 0 Å². The molecule has 0 heterocycles. The molecule has 2 aliphatic carbocycles. The monoisotopic (exact) mass is 210 g/mol. The zero-order chi connectivity index (χ0) is 10.7. The standard InChI is InChI=1S/C13H26N2/c1-2-15(11-12-5-3-6-12)10-9-13(14)7-4-8-13/h12H,2-11,14H2,1H3. The van der Waals surface area contributed by atoms with Crippen LogP contribution in [0.5, 0.6) is 0 Å². The Hall–Kier alpha value is -0.0800. The van der Waals surface area contributed by atoms with Crippen molar-refractivity contribution in [3.63, 3.8) is 0 Å². The van der Waals surface area contributed by atoms with Crippen LogP contribution in [-0.4, -0.2) is 30.1 Å². The number of nitrogens with zero attached hydrogens (tertiary/aromatic N) is 1. The van der Waals surface area contributed by atoms with Gasteiger partial charge in [0.25, 0.3) is 0 Å². The molecule has 0 radical (unpaired) electrons. The summed E-state index contributed by atoms with van der Waals surface area (Å²) in [4.78, 5) is 2.61. The van der Waals surface area contributed by atoms with Crippen LogP contribution in [0.25, 0.3) is 0 Å². The van der Waals surface area contributed by atoms with Crippen LogP contribution in [0.2, 0.25) is 0 Å². The second-order valence-corrected chi connectivity index (χ2v) is 5.66. The normalized spacial score (nSPS) is 25.0. The highest BCUT2D eigenvalue weighted by Crippen LogP contribution is 2.33. The predicted molar refractivity (Wildman–Crippen MR) is 64.8 cm³/mol. The van der Waals surface area contributed by atoms with Gasteiger partial charge in [0, 0.05) is 12.1 Å². The molecular weight excluding hydrogens is 184 g/mol. The van der Waals surface area contributed by atoms with Gasteiger partial charge in [-0.05, 0) is 57.5 Å². The molecule has 2 N–H and O–H groups in total. The largest absolute Gasteiger partial charge is 0.325 e. The molecule has 0 aliphatic heterocycles. The number of hydrogen-bond donors (Lipinski definition) is 1. The molecular formula is C13H26N2. The average Bonchev–Trinajstić information content (AvgIpc) is 2.12. The Balaban J connectivity index is 1.65. The zero-order valence-corrected chi connectivity index (χ0v) is 10.2. The van der Waals surface area contributed by atoms with Gasteiger partial charge in [-0.15, -0.1) is 0 Å². The summed E-state index contributed by atoms with van der Waals surface area (Å²) in [6, 6.07) is 0. The van der Waals surface area contributed by atoms with E-state index >= 15 is 0 Å². The quantitative estimate of drug-likeness (QED) is 0.729. The fourth-order valence-electron chi connectivity index (χ4n) is 2.68. The third kappa shape index (κ3) is 2.94. The minimum Gasteiger partial charge on any atom is -0.325 e. The third-order valence-corrected chi connectivity index (χ3v) is 4.46. The van der Waals surface area contributed by atoms with Gasteiger partial charge < -0.3 is 10.6 Å². The molecule has 2 nitrogen and oxygen atoms in total. The fraction of sp³-hybridized carbons (Fsp3) is 1.00. The van der Waals surface area contributed by atoms with Crippen molar-refractivity contribution in [1.29, 1.82) is 0 Å². The van der Waals surface area contributed by atoms with E-state index in [1.165, 1.54) is 64.6 Å². The summed E-state index contributed by atoms with van der Waals surface area (Å²) >= 11 is 0. The molecule has 2 aliphatic rings. The second-order valence-electron chi connectivity index (χ2n) is 5.66. The summed E-state index contributed by atoms with van der Waals surface area (Å²) in [5.74, 6) is 1.00. The maximum absolute atomic E-state index is 6.26. The summed E-state index contributed by atoms with van der Waals surface area (Å²) in [5.41, 5.74) is 6.47. The molecule has 0 aromatic heterocycles. The Labute approximate surface area is 94.2 Å².